The van der Waals surface area contributed by atoms with Gasteiger partial charge in [-0.05, 0) is 49.3 Å². The lowest BCUT2D eigenvalue weighted by atomic mass is 9.98. The molecule has 8 nitrogen and oxygen atoms in total. The highest BCUT2D eigenvalue weighted by Gasteiger charge is 2.21. The predicted octanol–water partition coefficient (Wildman–Crippen LogP) is 5.25. The van der Waals surface area contributed by atoms with Crippen LogP contribution in [0.15, 0.2) is 62.6 Å². The van der Waals surface area contributed by atoms with Gasteiger partial charge in [0.2, 0.25) is 0 Å². The summed E-state index contributed by atoms with van der Waals surface area (Å²) in [5, 5.41) is 3.84. The van der Waals surface area contributed by atoms with E-state index in [9.17, 15) is 9.59 Å². The molecule has 0 amide bonds. The molecule has 4 aromatic rings. The molecule has 1 saturated heterocycles. The lowest BCUT2D eigenvalue weighted by Crippen LogP contribution is -2.33. The summed E-state index contributed by atoms with van der Waals surface area (Å²) in [5.41, 5.74) is 5.31. The molecule has 38 heavy (non-hydrogen) atoms. The third-order valence-electron chi connectivity index (χ3n) is 6.96. The molecule has 1 aliphatic rings. The van der Waals surface area contributed by atoms with E-state index in [4.69, 9.17) is 14.2 Å². The molecule has 2 aromatic heterocycles. The van der Waals surface area contributed by atoms with Crippen LogP contribution in [0.4, 0.5) is 0 Å². The monoisotopic (exact) mass is 580 g/mol. The second-order valence-corrected chi connectivity index (χ2v) is 9.61. The normalized spacial score (nSPS) is 15.3. The summed E-state index contributed by atoms with van der Waals surface area (Å²) in [6, 6.07) is 15.8. The van der Waals surface area contributed by atoms with Crippen molar-refractivity contribution in [1.29, 1.82) is 0 Å². The largest absolute Gasteiger partial charge is 0.439 e. The SMILES string of the molecule is Br.CCCc1nc(C)c(CC2CCCCO2)c(=O)n1Cc1ccc(-c2ccccc2-c2noc(=O)[nH]2)cc1. The number of hydrogen-bond donors (Lipinski definition) is 1. The van der Waals surface area contributed by atoms with Crippen LogP contribution < -0.4 is 11.3 Å². The van der Waals surface area contributed by atoms with E-state index >= 15 is 0 Å². The second-order valence-electron chi connectivity index (χ2n) is 9.61. The Morgan fingerprint density at radius 3 is 2.47 bits per heavy atom. The first-order valence-corrected chi connectivity index (χ1v) is 13.0. The lowest BCUT2D eigenvalue weighted by Gasteiger charge is -2.23. The van der Waals surface area contributed by atoms with E-state index in [1.54, 1.807) is 0 Å². The molecule has 200 valence electrons. The van der Waals surface area contributed by atoms with Gasteiger partial charge in [-0.1, -0.05) is 60.6 Å². The van der Waals surface area contributed by atoms with Crippen molar-refractivity contribution in [2.45, 2.75) is 65.0 Å². The van der Waals surface area contributed by atoms with Gasteiger partial charge in [-0.25, -0.2) is 9.78 Å². The number of aromatic nitrogens is 4. The molecule has 1 aliphatic heterocycles. The van der Waals surface area contributed by atoms with Gasteiger partial charge in [0, 0.05) is 36.3 Å². The standard InChI is InChI=1S/C29H32N4O4.BrH/c1-3-8-26-30-19(2)25(17-22-9-6-7-16-36-22)28(34)33(26)18-20-12-14-21(15-13-20)23-10-4-5-11-24(23)27-31-29(35)37-32-27;/h4-5,10-15,22H,3,6-9,16-18H2,1-2H3,(H,31,32,35);1H. The first kappa shape index (κ1) is 27.7. The molecule has 1 fully saturated rings. The van der Waals surface area contributed by atoms with Crippen molar-refractivity contribution < 1.29 is 9.26 Å². The minimum absolute atomic E-state index is 0. The highest BCUT2D eigenvalue weighted by molar-refractivity contribution is 8.93. The van der Waals surface area contributed by atoms with Crippen LogP contribution in [0, 0.1) is 6.92 Å². The Labute approximate surface area is 231 Å². The van der Waals surface area contributed by atoms with Crippen LogP contribution in [0.5, 0.6) is 0 Å². The zero-order valence-corrected chi connectivity index (χ0v) is 23.4. The number of hydrogen-bond acceptors (Lipinski definition) is 6. The van der Waals surface area contributed by atoms with Crippen LogP contribution in [-0.2, 0) is 24.1 Å². The van der Waals surface area contributed by atoms with Gasteiger partial charge < -0.3 is 4.74 Å². The molecule has 0 bridgehead atoms. The summed E-state index contributed by atoms with van der Waals surface area (Å²) >= 11 is 0. The van der Waals surface area contributed by atoms with E-state index in [0.717, 1.165) is 78.0 Å². The number of nitrogens with zero attached hydrogens (tertiary/aromatic N) is 3. The number of ether oxygens (including phenoxy) is 1. The zero-order chi connectivity index (χ0) is 25.8. The molecule has 9 heteroatoms. The van der Waals surface area contributed by atoms with Crippen LogP contribution in [0.25, 0.3) is 22.5 Å². The summed E-state index contributed by atoms with van der Waals surface area (Å²) in [6.07, 6.45) is 5.58. The van der Waals surface area contributed by atoms with Gasteiger partial charge in [0.15, 0.2) is 5.82 Å². The van der Waals surface area contributed by atoms with Gasteiger partial charge in [0.1, 0.15) is 5.82 Å². The molecule has 0 radical (unpaired) electrons. The van der Waals surface area contributed by atoms with E-state index < -0.39 is 5.76 Å². The van der Waals surface area contributed by atoms with Crippen LogP contribution in [0.1, 0.15) is 55.3 Å². The molecule has 0 spiro atoms. The van der Waals surface area contributed by atoms with Gasteiger partial charge in [-0.15, -0.1) is 17.0 Å². The Hall–Kier alpha value is -3.30. The van der Waals surface area contributed by atoms with Crippen molar-refractivity contribution in [2.24, 2.45) is 0 Å². The number of aromatic amines is 1. The molecular formula is C29H33BrN4O4. The Morgan fingerprint density at radius 1 is 1.05 bits per heavy atom. The van der Waals surface area contributed by atoms with Crippen LogP contribution >= 0.6 is 17.0 Å². The maximum Gasteiger partial charge on any atom is 0.439 e. The van der Waals surface area contributed by atoms with E-state index in [2.05, 4.69) is 17.1 Å². The maximum atomic E-state index is 13.7. The molecule has 1 N–H and O–H groups in total. The Balaban J connectivity index is 0.00000336. The lowest BCUT2D eigenvalue weighted by molar-refractivity contribution is 0.0164. The molecule has 1 atom stereocenters. The quantitative estimate of drug-likeness (QED) is 0.305. The zero-order valence-electron chi connectivity index (χ0n) is 21.7. The molecule has 0 aliphatic carbocycles. The van der Waals surface area contributed by atoms with Gasteiger partial charge in [0.05, 0.1) is 12.6 Å². The minimum atomic E-state index is -0.588. The number of benzene rings is 2. The summed E-state index contributed by atoms with van der Waals surface area (Å²) in [5.74, 6) is 0.623. The summed E-state index contributed by atoms with van der Waals surface area (Å²) in [7, 11) is 0. The summed E-state index contributed by atoms with van der Waals surface area (Å²) in [6.45, 7) is 5.27. The maximum absolute atomic E-state index is 13.7. The van der Waals surface area contributed by atoms with Crippen LogP contribution in [0.3, 0.4) is 0 Å². The highest BCUT2D eigenvalue weighted by Crippen LogP contribution is 2.30. The van der Waals surface area contributed by atoms with E-state index in [-0.39, 0.29) is 28.6 Å². The summed E-state index contributed by atoms with van der Waals surface area (Å²) in [4.78, 5) is 32.6. The number of nitrogens with one attached hydrogen (secondary N) is 1. The van der Waals surface area contributed by atoms with Gasteiger partial charge in [-0.2, -0.15) is 0 Å². The highest BCUT2D eigenvalue weighted by atomic mass is 79.9. The van der Waals surface area contributed by atoms with Crippen molar-refractivity contribution in [3.8, 4) is 22.5 Å². The Bertz CT molecular complexity index is 1480. The summed E-state index contributed by atoms with van der Waals surface area (Å²) < 4.78 is 12.4. The smallest absolute Gasteiger partial charge is 0.378 e. The van der Waals surface area contributed by atoms with Crippen molar-refractivity contribution in [3.63, 3.8) is 0 Å². The average Bonchev–Trinajstić information content (AvgIpc) is 3.36. The topological polar surface area (TPSA) is 103 Å². The third kappa shape index (κ3) is 6.05. The Kier molecular flexibility index (Phi) is 9.12. The van der Waals surface area contributed by atoms with E-state index in [1.807, 2.05) is 60.0 Å². The minimum Gasteiger partial charge on any atom is -0.378 e. The first-order chi connectivity index (χ1) is 18.0. The fourth-order valence-electron chi connectivity index (χ4n) is 5.02. The van der Waals surface area contributed by atoms with Gasteiger partial charge in [-0.3, -0.25) is 18.9 Å². The number of halogens is 1. The molecular weight excluding hydrogens is 548 g/mol. The van der Waals surface area contributed by atoms with Gasteiger partial charge in [0.25, 0.3) is 5.56 Å². The fraction of sp³-hybridized carbons (Fsp3) is 0.379. The number of rotatable bonds is 8. The second kappa shape index (κ2) is 12.5. The molecule has 3 heterocycles. The fourth-order valence-corrected chi connectivity index (χ4v) is 5.02. The average molecular weight is 582 g/mol. The first-order valence-electron chi connectivity index (χ1n) is 13.0. The molecule has 5 rings (SSSR count). The van der Waals surface area contributed by atoms with Crippen molar-refractivity contribution in [2.75, 3.05) is 6.61 Å². The van der Waals surface area contributed by atoms with Crippen LogP contribution in [-0.4, -0.2) is 32.4 Å². The van der Waals surface area contributed by atoms with Gasteiger partial charge >= 0.3 is 5.76 Å². The third-order valence-corrected chi connectivity index (χ3v) is 6.96. The molecule has 0 saturated carbocycles. The predicted molar refractivity (Wildman–Crippen MR) is 152 cm³/mol. The molecule has 1 unspecified atom stereocenters. The van der Waals surface area contributed by atoms with E-state index in [1.165, 1.54) is 0 Å². The Morgan fingerprint density at radius 2 is 1.82 bits per heavy atom. The van der Waals surface area contributed by atoms with Crippen molar-refractivity contribution in [1.82, 2.24) is 19.7 Å². The van der Waals surface area contributed by atoms with Crippen molar-refractivity contribution >= 4 is 17.0 Å². The van der Waals surface area contributed by atoms with Crippen molar-refractivity contribution in [3.05, 3.63) is 92.1 Å². The molecule has 2 aromatic carbocycles. The number of H-pyrrole nitrogens is 1. The number of aryl methyl sites for hydroxylation is 2. The van der Waals surface area contributed by atoms with E-state index in [0.29, 0.717) is 18.8 Å². The van der Waals surface area contributed by atoms with Crippen LogP contribution in [0.2, 0.25) is 0 Å².